The van der Waals surface area contributed by atoms with E-state index in [-0.39, 0.29) is 0 Å². The van der Waals surface area contributed by atoms with Crippen LogP contribution in [0.15, 0.2) is 10.3 Å². The van der Waals surface area contributed by atoms with Gasteiger partial charge in [0.15, 0.2) is 0 Å². The van der Waals surface area contributed by atoms with Gasteiger partial charge in [0.25, 0.3) is 10.0 Å². The molecule has 0 spiro atoms. The molecule has 15 heavy (non-hydrogen) atoms. The van der Waals surface area contributed by atoms with E-state index in [0.717, 1.165) is 16.9 Å². The highest BCUT2D eigenvalue weighted by atomic mass is 32.2. The molecule has 0 amide bonds. The van der Waals surface area contributed by atoms with Crippen LogP contribution in [0.4, 0.5) is 5.00 Å². The van der Waals surface area contributed by atoms with Crippen molar-refractivity contribution in [3.63, 3.8) is 0 Å². The first-order chi connectivity index (χ1) is 6.93. The Morgan fingerprint density at radius 2 is 1.93 bits per heavy atom. The molecule has 0 fully saturated rings. The van der Waals surface area contributed by atoms with E-state index >= 15 is 0 Å². The number of hydrogen-bond acceptors (Lipinski definition) is 4. The first kappa shape index (κ1) is 12.5. The topological polar surface area (TPSA) is 63.4 Å². The molecule has 1 rings (SSSR count). The second-order valence-electron chi connectivity index (χ2n) is 3.21. The van der Waals surface area contributed by atoms with E-state index < -0.39 is 10.0 Å². The lowest BCUT2D eigenvalue weighted by Gasteiger charge is -2.17. The number of thiophene rings is 1. The Morgan fingerprint density at radius 3 is 2.27 bits per heavy atom. The summed E-state index contributed by atoms with van der Waals surface area (Å²) in [6, 6.07) is 1.70. The maximum absolute atomic E-state index is 12.1. The van der Waals surface area contributed by atoms with Gasteiger partial charge >= 0.3 is 0 Å². The van der Waals surface area contributed by atoms with Gasteiger partial charge in [-0.05, 0) is 18.6 Å². The van der Waals surface area contributed by atoms with Crippen molar-refractivity contribution in [2.75, 3.05) is 18.8 Å². The Balaban J connectivity index is 3.22. The average Bonchev–Trinajstić information content (AvgIpc) is 2.47. The molecule has 0 saturated carbocycles. The van der Waals surface area contributed by atoms with Crippen LogP contribution >= 0.6 is 11.3 Å². The number of aryl methyl sites for hydroxylation is 1. The zero-order valence-corrected chi connectivity index (χ0v) is 10.8. The number of rotatable bonds is 4. The SMILES string of the molecule is CCN(CC)S(=O)(=O)c1sc(N)cc1C. The van der Waals surface area contributed by atoms with Crippen molar-refractivity contribution in [2.45, 2.75) is 25.0 Å². The molecule has 0 unspecified atom stereocenters. The molecule has 4 nitrogen and oxygen atoms in total. The second-order valence-corrected chi connectivity index (χ2v) is 6.43. The smallest absolute Gasteiger partial charge is 0.252 e. The van der Waals surface area contributed by atoms with Gasteiger partial charge in [-0.3, -0.25) is 0 Å². The number of nitrogens with zero attached hydrogens (tertiary/aromatic N) is 1. The van der Waals surface area contributed by atoms with Crippen molar-refractivity contribution in [1.29, 1.82) is 0 Å². The van der Waals surface area contributed by atoms with Crippen molar-refractivity contribution < 1.29 is 8.42 Å². The molecule has 1 aromatic rings. The minimum absolute atomic E-state index is 0.365. The fraction of sp³-hybridized carbons (Fsp3) is 0.556. The van der Waals surface area contributed by atoms with Crippen molar-refractivity contribution in [3.05, 3.63) is 11.6 Å². The summed E-state index contributed by atoms with van der Waals surface area (Å²) in [5, 5.41) is 0.540. The lowest BCUT2D eigenvalue weighted by molar-refractivity contribution is 0.446. The number of sulfonamides is 1. The highest BCUT2D eigenvalue weighted by Crippen LogP contribution is 2.30. The van der Waals surface area contributed by atoms with Gasteiger partial charge in [0.05, 0.1) is 5.00 Å². The summed E-state index contributed by atoms with van der Waals surface area (Å²) in [6.45, 7) is 6.39. The molecule has 2 N–H and O–H groups in total. The summed E-state index contributed by atoms with van der Waals surface area (Å²) < 4.78 is 26.0. The summed E-state index contributed by atoms with van der Waals surface area (Å²) in [4.78, 5) is 0. The summed E-state index contributed by atoms with van der Waals surface area (Å²) in [6.07, 6.45) is 0. The molecular formula is C9H16N2O2S2. The highest BCUT2D eigenvalue weighted by molar-refractivity contribution is 7.91. The average molecular weight is 248 g/mol. The Labute approximate surface area is 94.8 Å². The third-order valence-electron chi connectivity index (χ3n) is 2.17. The second kappa shape index (κ2) is 4.51. The molecule has 0 aliphatic carbocycles. The van der Waals surface area contributed by atoms with Gasteiger partial charge in [0.2, 0.25) is 0 Å². The largest absolute Gasteiger partial charge is 0.391 e. The molecule has 0 aliphatic rings. The van der Waals surface area contributed by atoms with Crippen LogP contribution in [0.3, 0.4) is 0 Å². The first-order valence-electron chi connectivity index (χ1n) is 4.79. The minimum atomic E-state index is -3.34. The van der Waals surface area contributed by atoms with Crippen molar-refractivity contribution in [3.8, 4) is 0 Å². The molecular weight excluding hydrogens is 232 g/mol. The molecule has 1 aromatic heterocycles. The number of nitrogens with two attached hydrogens (primary N) is 1. The third kappa shape index (κ3) is 2.32. The van der Waals surface area contributed by atoms with Gasteiger partial charge in [-0.15, -0.1) is 11.3 Å². The van der Waals surface area contributed by atoms with Gasteiger partial charge in [-0.25, -0.2) is 8.42 Å². The Kier molecular flexibility index (Phi) is 3.75. The van der Waals surface area contributed by atoms with Gasteiger partial charge in [0.1, 0.15) is 4.21 Å². The molecule has 0 bridgehead atoms. The fourth-order valence-corrected chi connectivity index (χ4v) is 4.50. The molecule has 0 aromatic carbocycles. The molecule has 0 radical (unpaired) electrons. The van der Waals surface area contributed by atoms with E-state index in [0.29, 0.717) is 22.3 Å². The number of anilines is 1. The van der Waals surface area contributed by atoms with Crippen LogP contribution in [0.5, 0.6) is 0 Å². The van der Waals surface area contributed by atoms with Crippen LogP contribution in [0.2, 0.25) is 0 Å². The predicted octanol–water partition coefficient (Wildman–Crippen LogP) is 1.67. The zero-order valence-electron chi connectivity index (χ0n) is 9.15. The molecule has 1 heterocycles. The van der Waals surface area contributed by atoms with Crippen LogP contribution in [0.1, 0.15) is 19.4 Å². The number of nitrogen functional groups attached to an aromatic ring is 1. The maximum Gasteiger partial charge on any atom is 0.252 e. The van der Waals surface area contributed by atoms with Crippen molar-refractivity contribution in [1.82, 2.24) is 4.31 Å². The van der Waals surface area contributed by atoms with Gasteiger partial charge in [0, 0.05) is 13.1 Å². The van der Waals surface area contributed by atoms with E-state index in [1.807, 2.05) is 13.8 Å². The summed E-state index contributed by atoms with van der Waals surface area (Å²) in [7, 11) is -3.34. The molecule has 0 saturated heterocycles. The molecule has 6 heteroatoms. The fourth-order valence-electron chi connectivity index (χ4n) is 1.43. The normalized spacial score (nSPS) is 12.3. The Morgan fingerprint density at radius 1 is 1.40 bits per heavy atom. The third-order valence-corrected chi connectivity index (χ3v) is 5.90. The minimum Gasteiger partial charge on any atom is -0.391 e. The molecule has 0 aliphatic heterocycles. The highest BCUT2D eigenvalue weighted by Gasteiger charge is 2.25. The van der Waals surface area contributed by atoms with Crippen LogP contribution in [-0.4, -0.2) is 25.8 Å². The summed E-state index contributed by atoms with van der Waals surface area (Å²) >= 11 is 1.13. The Hall–Kier alpha value is -0.590. The standard InChI is InChI=1S/C9H16N2O2S2/c1-4-11(5-2)15(12,13)9-7(3)6-8(10)14-9/h6H,4-5,10H2,1-3H3. The molecule has 86 valence electrons. The summed E-state index contributed by atoms with van der Waals surface area (Å²) in [5.74, 6) is 0. The van der Waals surface area contributed by atoms with Crippen molar-refractivity contribution in [2.24, 2.45) is 0 Å². The van der Waals surface area contributed by atoms with Gasteiger partial charge < -0.3 is 5.73 Å². The van der Waals surface area contributed by atoms with Gasteiger partial charge in [-0.1, -0.05) is 13.8 Å². The van der Waals surface area contributed by atoms with E-state index in [2.05, 4.69) is 0 Å². The monoisotopic (exact) mass is 248 g/mol. The molecule has 0 atom stereocenters. The van der Waals surface area contributed by atoms with E-state index in [1.165, 1.54) is 4.31 Å². The lowest BCUT2D eigenvalue weighted by atomic mass is 10.4. The van der Waals surface area contributed by atoms with Crippen LogP contribution in [0.25, 0.3) is 0 Å². The van der Waals surface area contributed by atoms with Crippen molar-refractivity contribution >= 4 is 26.4 Å². The van der Waals surface area contributed by atoms with Crippen LogP contribution in [0, 0.1) is 6.92 Å². The van der Waals surface area contributed by atoms with Crippen LogP contribution < -0.4 is 5.73 Å². The first-order valence-corrected chi connectivity index (χ1v) is 7.05. The van der Waals surface area contributed by atoms with E-state index in [1.54, 1.807) is 13.0 Å². The van der Waals surface area contributed by atoms with Crippen LogP contribution in [-0.2, 0) is 10.0 Å². The van der Waals surface area contributed by atoms with E-state index in [4.69, 9.17) is 5.73 Å². The zero-order chi connectivity index (χ0) is 11.6. The van der Waals surface area contributed by atoms with E-state index in [9.17, 15) is 8.42 Å². The quantitative estimate of drug-likeness (QED) is 0.881. The lowest BCUT2D eigenvalue weighted by Crippen LogP contribution is -2.30. The maximum atomic E-state index is 12.1. The number of hydrogen-bond donors (Lipinski definition) is 1. The Bertz CT molecular complexity index is 433. The summed E-state index contributed by atoms with van der Waals surface area (Å²) in [5.41, 5.74) is 6.32. The predicted molar refractivity (Wildman–Crippen MR) is 63.6 cm³/mol. The van der Waals surface area contributed by atoms with Gasteiger partial charge in [-0.2, -0.15) is 4.31 Å².